The second kappa shape index (κ2) is 6.58. The highest BCUT2D eigenvalue weighted by atomic mass is 16.5. The van der Waals surface area contributed by atoms with Crippen LogP contribution in [-0.2, 0) is 4.74 Å². The summed E-state index contributed by atoms with van der Waals surface area (Å²) in [6.45, 7) is 9.26. The Morgan fingerprint density at radius 1 is 1.12 bits per heavy atom. The first-order chi connectivity index (χ1) is 7.65. The second-order valence-corrected chi connectivity index (χ2v) is 4.87. The van der Waals surface area contributed by atoms with Crippen LogP contribution in [-0.4, -0.2) is 41.5 Å². The predicted molar refractivity (Wildman–Crippen MR) is 66.4 cm³/mol. The van der Waals surface area contributed by atoms with E-state index in [0.717, 1.165) is 51.9 Å². The molecule has 0 atom stereocenters. The zero-order valence-electron chi connectivity index (χ0n) is 11.0. The van der Waals surface area contributed by atoms with Crippen molar-refractivity contribution in [2.45, 2.75) is 64.6 Å². The third-order valence-corrected chi connectivity index (χ3v) is 4.04. The van der Waals surface area contributed by atoms with Crippen LogP contribution in [0.5, 0.6) is 0 Å². The van der Waals surface area contributed by atoms with Crippen LogP contribution in [0.3, 0.4) is 0 Å². The van der Waals surface area contributed by atoms with E-state index in [1.165, 1.54) is 0 Å². The number of piperidine rings is 1. The quantitative estimate of drug-likeness (QED) is 0.759. The summed E-state index contributed by atoms with van der Waals surface area (Å²) in [7, 11) is 0. The van der Waals surface area contributed by atoms with Crippen molar-refractivity contribution in [1.29, 1.82) is 0 Å². The van der Waals surface area contributed by atoms with E-state index in [1.807, 2.05) is 0 Å². The van der Waals surface area contributed by atoms with Crippen molar-refractivity contribution >= 4 is 0 Å². The molecule has 0 aromatic heterocycles. The number of rotatable bonds is 6. The third kappa shape index (κ3) is 3.72. The monoisotopic (exact) mass is 229 g/mol. The van der Waals surface area contributed by atoms with E-state index in [0.29, 0.717) is 0 Å². The molecule has 1 N–H and O–H groups in total. The molecule has 0 saturated carbocycles. The normalized spacial score (nSPS) is 20.2. The summed E-state index contributed by atoms with van der Waals surface area (Å²) in [6, 6.07) is 0. The van der Waals surface area contributed by atoms with Gasteiger partial charge >= 0.3 is 0 Å². The highest BCUT2D eigenvalue weighted by Gasteiger charge is 2.26. The minimum Gasteiger partial charge on any atom is -0.393 e. The van der Waals surface area contributed by atoms with E-state index in [9.17, 15) is 5.11 Å². The smallest absolute Gasteiger partial charge is 0.0997 e. The molecule has 1 aliphatic rings. The predicted octanol–water partition coefficient (Wildman–Crippen LogP) is 2.39. The van der Waals surface area contributed by atoms with E-state index in [4.69, 9.17) is 4.74 Å². The highest BCUT2D eigenvalue weighted by Crippen LogP contribution is 2.25. The number of likely N-dealkylation sites (tertiary alicyclic amines) is 1. The van der Waals surface area contributed by atoms with E-state index in [1.54, 1.807) is 0 Å². The maximum absolute atomic E-state index is 9.43. The van der Waals surface area contributed by atoms with E-state index in [2.05, 4.69) is 25.7 Å². The molecule has 0 aromatic carbocycles. The molecule has 1 saturated heterocycles. The van der Waals surface area contributed by atoms with Gasteiger partial charge < -0.3 is 9.84 Å². The van der Waals surface area contributed by atoms with Crippen LogP contribution < -0.4 is 0 Å². The van der Waals surface area contributed by atoms with Gasteiger partial charge in [-0.15, -0.1) is 0 Å². The van der Waals surface area contributed by atoms with Crippen LogP contribution in [0, 0.1) is 0 Å². The van der Waals surface area contributed by atoms with Gasteiger partial charge in [0, 0.05) is 13.1 Å². The molecule has 0 amide bonds. The summed E-state index contributed by atoms with van der Waals surface area (Å²) in [6.07, 6.45) is 4.93. The van der Waals surface area contributed by atoms with Gasteiger partial charge in [-0.3, -0.25) is 4.90 Å². The van der Waals surface area contributed by atoms with Gasteiger partial charge in [-0.05, 0) is 32.1 Å². The lowest BCUT2D eigenvalue weighted by Crippen LogP contribution is -2.41. The first-order valence-corrected chi connectivity index (χ1v) is 6.70. The van der Waals surface area contributed by atoms with Crippen molar-refractivity contribution in [2.75, 3.05) is 19.8 Å². The van der Waals surface area contributed by atoms with Gasteiger partial charge in [0.1, 0.15) is 0 Å². The van der Waals surface area contributed by atoms with Gasteiger partial charge in [0.25, 0.3) is 0 Å². The van der Waals surface area contributed by atoms with Gasteiger partial charge in [0.05, 0.1) is 18.4 Å². The van der Waals surface area contributed by atoms with Crippen LogP contribution >= 0.6 is 0 Å². The second-order valence-electron chi connectivity index (χ2n) is 4.87. The van der Waals surface area contributed by atoms with Gasteiger partial charge in [0.2, 0.25) is 0 Å². The molecule has 1 aliphatic heterocycles. The summed E-state index contributed by atoms with van der Waals surface area (Å²) in [5, 5.41) is 9.43. The average molecular weight is 229 g/mol. The minimum atomic E-state index is -0.0930. The van der Waals surface area contributed by atoms with Crippen molar-refractivity contribution in [2.24, 2.45) is 0 Å². The van der Waals surface area contributed by atoms with Crippen molar-refractivity contribution in [3.05, 3.63) is 0 Å². The van der Waals surface area contributed by atoms with Crippen LogP contribution in [0.2, 0.25) is 0 Å². The largest absolute Gasteiger partial charge is 0.393 e. The van der Waals surface area contributed by atoms with Gasteiger partial charge in [0.15, 0.2) is 0 Å². The highest BCUT2D eigenvalue weighted by molar-refractivity contribution is 4.76. The van der Waals surface area contributed by atoms with Crippen molar-refractivity contribution < 1.29 is 9.84 Å². The Kier molecular flexibility index (Phi) is 5.73. The van der Waals surface area contributed by atoms with E-state index < -0.39 is 0 Å². The zero-order chi connectivity index (χ0) is 12.0. The van der Waals surface area contributed by atoms with Gasteiger partial charge in [-0.25, -0.2) is 0 Å². The fourth-order valence-corrected chi connectivity index (χ4v) is 2.33. The summed E-state index contributed by atoms with van der Waals surface area (Å²) < 4.78 is 6.10. The molecule has 3 nitrogen and oxygen atoms in total. The minimum absolute atomic E-state index is 0.0655. The van der Waals surface area contributed by atoms with Crippen LogP contribution in [0.25, 0.3) is 0 Å². The van der Waals surface area contributed by atoms with Gasteiger partial charge in [-0.2, -0.15) is 0 Å². The Balaban J connectivity index is 2.32. The number of aliphatic hydroxyl groups excluding tert-OH is 1. The lowest BCUT2D eigenvalue weighted by Gasteiger charge is -2.36. The Morgan fingerprint density at radius 2 is 1.62 bits per heavy atom. The van der Waals surface area contributed by atoms with Crippen LogP contribution in [0.4, 0.5) is 0 Å². The van der Waals surface area contributed by atoms with Crippen molar-refractivity contribution in [3.63, 3.8) is 0 Å². The zero-order valence-corrected chi connectivity index (χ0v) is 11.0. The molecule has 16 heavy (non-hydrogen) atoms. The molecule has 1 fully saturated rings. The van der Waals surface area contributed by atoms with Crippen LogP contribution in [0.1, 0.15) is 52.9 Å². The third-order valence-electron chi connectivity index (χ3n) is 4.04. The molecule has 96 valence electrons. The fourth-order valence-electron chi connectivity index (χ4n) is 2.33. The molecular formula is C13H27NO2. The number of nitrogens with zero attached hydrogens (tertiary/aromatic N) is 1. The van der Waals surface area contributed by atoms with E-state index in [-0.39, 0.29) is 11.7 Å². The molecule has 0 bridgehead atoms. The number of hydrogen-bond acceptors (Lipinski definition) is 3. The first kappa shape index (κ1) is 13.9. The van der Waals surface area contributed by atoms with Crippen molar-refractivity contribution in [3.8, 4) is 0 Å². The molecule has 0 unspecified atom stereocenters. The lowest BCUT2D eigenvalue weighted by molar-refractivity contribution is -0.109. The Morgan fingerprint density at radius 3 is 2.06 bits per heavy atom. The molecule has 1 heterocycles. The molecule has 0 spiro atoms. The average Bonchev–Trinajstić information content (AvgIpc) is 2.34. The molecule has 0 aliphatic carbocycles. The summed E-state index contributed by atoms with van der Waals surface area (Å²) in [4.78, 5) is 2.31. The SMILES string of the molecule is CCC(CC)(CC)OCN1CCC(O)CC1. The summed E-state index contributed by atoms with van der Waals surface area (Å²) in [5.74, 6) is 0. The van der Waals surface area contributed by atoms with Crippen LogP contribution in [0.15, 0.2) is 0 Å². The fraction of sp³-hybridized carbons (Fsp3) is 1.00. The standard InChI is InChI=1S/C13H27NO2/c1-4-13(5-2,6-3)16-11-14-9-7-12(15)8-10-14/h12,15H,4-11H2,1-3H3. The number of hydrogen-bond donors (Lipinski definition) is 1. The molecular weight excluding hydrogens is 202 g/mol. The Hall–Kier alpha value is -0.120. The Bertz CT molecular complexity index is 176. The molecule has 0 radical (unpaired) electrons. The summed E-state index contributed by atoms with van der Waals surface area (Å²) in [5.41, 5.74) is 0.0655. The molecule has 1 rings (SSSR count). The maximum Gasteiger partial charge on any atom is 0.0997 e. The van der Waals surface area contributed by atoms with Gasteiger partial charge in [-0.1, -0.05) is 20.8 Å². The Labute approximate surface area is 99.8 Å². The lowest BCUT2D eigenvalue weighted by atomic mass is 9.94. The topological polar surface area (TPSA) is 32.7 Å². The first-order valence-electron chi connectivity index (χ1n) is 6.70. The number of ether oxygens (including phenoxy) is 1. The molecule has 0 aromatic rings. The maximum atomic E-state index is 9.43. The van der Waals surface area contributed by atoms with E-state index >= 15 is 0 Å². The molecule has 3 heteroatoms. The number of aliphatic hydroxyl groups is 1. The summed E-state index contributed by atoms with van der Waals surface area (Å²) >= 11 is 0. The van der Waals surface area contributed by atoms with Crippen molar-refractivity contribution in [1.82, 2.24) is 4.90 Å².